The maximum Gasteiger partial charge on any atom is 0.291 e. The topological polar surface area (TPSA) is 83.7 Å². The molecule has 1 aliphatic carbocycles. The number of hydrazone groups is 1. The lowest BCUT2D eigenvalue weighted by atomic mass is 9.93. The number of benzene rings is 3. The van der Waals surface area contributed by atoms with Crippen molar-refractivity contribution in [3.05, 3.63) is 113 Å². The molecule has 2 amide bonds. The molecular weight excluding hydrogens is 438 g/mol. The van der Waals surface area contributed by atoms with Gasteiger partial charge in [-0.25, -0.2) is 5.43 Å². The van der Waals surface area contributed by atoms with Crippen molar-refractivity contribution in [3.63, 3.8) is 0 Å². The molecule has 2 N–H and O–H groups in total. The SMILES string of the molecule is Cc1c(C(=O)Nc2ccccc2)oc2c1/C(=N/NC(=O)c1ccc(-c3ccccc3)cc1)CCC2. The Hall–Kier alpha value is -4.45. The Labute approximate surface area is 203 Å². The van der Waals surface area contributed by atoms with E-state index in [2.05, 4.69) is 15.8 Å². The van der Waals surface area contributed by atoms with Crippen LogP contribution in [-0.2, 0) is 6.42 Å². The molecule has 174 valence electrons. The summed E-state index contributed by atoms with van der Waals surface area (Å²) in [5.74, 6) is 0.417. The van der Waals surface area contributed by atoms with Crippen molar-refractivity contribution in [1.82, 2.24) is 5.43 Å². The monoisotopic (exact) mass is 463 g/mol. The van der Waals surface area contributed by atoms with Gasteiger partial charge in [0, 0.05) is 28.8 Å². The van der Waals surface area contributed by atoms with E-state index in [9.17, 15) is 9.59 Å². The average Bonchev–Trinajstić information content (AvgIpc) is 3.25. The van der Waals surface area contributed by atoms with Crippen molar-refractivity contribution in [1.29, 1.82) is 0 Å². The number of para-hydroxylation sites is 1. The summed E-state index contributed by atoms with van der Waals surface area (Å²) in [6.07, 6.45) is 2.25. The molecule has 0 radical (unpaired) electrons. The standard InChI is InChI=1S/C29H25N3O3/c1-19-26-24(13-8-14-25(26)35-27(19)29(34)30-23-11-6-3-7-12-23)31-32-28(33)22-17-15-21(16-18-22)20-9-4-2-5-10-20/h2-7,9-12,15-18H,8,13-14H2,1H3,(H,30,34)(H,32,33)/b31-24+. The maximum absolute atomic E-state index is 12.8. The number of anilines is 1. The normalized spacial score (nSPS) is 13.8. The van der Waals surface area contributed by atoms with E-state index in [0.717, 1.165) is 46.6 Å². The highest BCUT2D eigenvalue weighted by atomic mass is 16.4. The Morgan fingerprint density at radius 1 is 0.800 bits per heavy atom. The van der Waals surface area contributed by atoms with Gasteiger partial charge in [0.1, 0.15) is 5.76 Å². The number of carbonyl (C=O) groups excluding carboxylic acids is 2. The van der Waals surface area contributed by atoms with Crippen molar-refractivity contribution < 1.29 is 14.0 Å². The highest BCUT2D eigenvalue weighted by Crippen LogP contribution is 2.30. The molecule has 5 rings (SSSR count). The summed E-state index contributed by atoms with van der Waals surface area (Å²) in [5.41, 5.74) is 8.31. The molecule has 1 aromatic heterocycles. The van der Waals surface area contributed by atoms with Gasteiger partial charge in [0.05, 0.1) is 5.71 Å². The van der Waals surface area contributed by atoms with Crippen molar-refractivity contribution in [3.8, 4) is 11.1 Å². The highest BCUT2D eigenvalue weighted by molar-refractivity contribution is 6.09. The third kappa shape index (κ3) is 4.77. The van der Waals surface area contributed by atoms with E-state index in [-0.39, 0.29) is 17.6 Å². The molecule has 35 heavy (non-hydrogen) atoms. The van der Waals surface area contributed by atoms with E-state index < -0.39 is 0 Å². The number of nitrogens with one attached hydrogen (secondary N) is 2. The van der Waals surface area contributed by atoms with Crippen LogP contribution in [0.3, 0.4) is 0 Å². The first-order chi connectivity index (χ1) is 17.1. The quantitative estimate of drug-likeness (QED) is 0.357. The largest absolute Gasteiger partial charge is 0.455 e. The zero-order valence-corrected chi connectivity index (χ0v) is 19.4. The number of aryl methyl sites for hydroxylation is 1. The lowest BCUT2D eigenvalue weighted by Gasteiger charge is -2.13. The van der Waals surface area contributed by atoms with Crippen LogP contribution >= 0.6 is 0 Å². The van der Waals surface area contributed by atoms with Gasteiger partial charge >= 0.3 is 0 Å². The first kappa shape index (κ1) is 22.3. The number of carbonyl (C=O) groups is 2. The molecular formula is C29H25N3O3. The van der Waals surface area contributed by atoms with Gasteiger partial charge in [-0.15, -0.1) is 0 Å². The van der Waals surface area contributed by atoms with Crippen LogP contribution in [0.5, 0.6) is 0 Å². The molecule has 6 heteroatoms. The van der Waals surface area contributed by atoms with Crippen LogP contribution in [0.2, 0.25) is 0 Å². The van der Waals surface area contributed by atoms with E-state index in [0.29, 0.717) is 17.7 Å². The molecule has 6 nitrogen and oxygen atoms in total. The molecule has 0 saturated heterocycles. The van der Waals surface area contributed by atoms with E-state index in [1.54, 1.807) is 12.1 Å². The minimum atomic E-state index is -0.301. The molecule has 3 aromatic carbocycles. The zero-order chi connectivity index (χ0) is 24.2. The van der Waals surface area contributed by atoms with Crippen LogP contribution in [0, 0.1) is 6.92 Å². The van der Waals surface area contributed by atoms with Crippen LogP contribution in [0.25, 0.3) is 11.1 Å². The third-order valence-corrected chi connectivity index (χ3v) is 6.11. The van der Waals surface area contributed by atoms with Crippen LogP contribution in [0.1, 0.15) is 50.6 Å². The Morgan fingerprint density at radius 2 is 1.46 bits per heavy atom. The van der Waals surface area contributed by atoms with Gasteiger partial charge in [0.15, 0.2) is 5.76 Å². The average molecular weight is 464 g/mol. The number of amides is 2. The summed E-state index contributed by atoms with van der Waals surface area (Å²) in [5, 5.41) is 7.29. The number of hydrogen-bond donors (Lipinski definition) is 2. The fourth-order valence-electron chi connectivity index (χ4n) is 4.33. The Bertz CT molecular complexity index is 1390. The second-order valence-corrected chi connectivity index (χ2v) is 8.47. The minimum Gasteiger partial charge on any atom is -0.455 e. The number of rotatable bonds is 5. The second kappa shape index (κ2) is 9.81. The predicted molar refractivity (Wildman–Crippen MR) is 137 cm³/mol. The van der Waals surface area contributed by atoms with Crippen molar-refractivity contribution >= 4 is 23.2 Å². The summed E-state index contributed by atoms with van der Waals surface area (Å²) in [4.78, 5) is 25.6. The number of furan rings is 1. The lowest BCUT2D eigenvalue weighted by molar-refractivity contribution is 0.0953. The van der Waals surface area contributed by atoms with Crippen molar-refractivity contribution in [2.75, 3.05) is 5.32 Å². The first-order valence-electron chi connectivity index (χ1n) is 11.6. The number of hydrogen-bond acceptors (Lipinski definition) is 4. The van der Waals surface area contributed by atoms with Gasteiger partial charge in [-0.1, -0.05) is 60.7 Å². The fraction of sp³-hybridized carbons (Fsp3) is 0.138. The van der Waals surface area contributed by atoms with Gasteiger partial charge in [-0.05, 0) is 55.2 Å². The molecule has 0 spiro atoms. The van der Waals surface area contributed by atoms with Crippen LogP contribution in [-0.4, -0.2) is 17.5 Å². The predicted octanol–water partition coefficient (Wildman–Crippen LogP) is 5.98. The van der Waals surface area contributed by atoms with Gasteiger partial charge in [0.25, 0.3) is 11.8 Å². The molecule has 1 aliphatic rings. The molecule has 0 aliphatic heterocycles. The Kier molecular flexibility index (Phi) is 6.26. The molecule has 0 atom stereocenters. The summed E-state index contributed by atoms with van der Waals surface area (Å²) in [6, 6.07) is 26.7. The van der Waals surface area contributed by atoms with Crippen LogP contribution in [0.15, 0.2) is 94.4 Å². The molecule has 0 saturated carbocycles. The van der Waals surface area contributed by atoms with Crippen molar-refractivity contribution in [2.45, 2.75) is 26.2 Å². The van der Waals surface area contributed by atoms with E-state index in [1.807, 2.05) is 79.7 Å². The van der Waals surface area contributed by atoms with Gasteiger partial charge in [-0.3, -0.25) is 9.59 Å². The number of fused-ring (bicyclic) bond motifs is 1. The first-order valence-corrected chi connectivity index (χ1v) is 11.6. The second-order valence-electron chi connectivity index (χ2n) is 8.47. The molecule has 0 fully saturated rings. The van der Waals surface area contributed by atoms with Crippen molar-refractivity contribution in [2.24, 2.45) is 5.10 Å². The van der Waals surface area contributed by atoms with E-state index in [1.165, 1.54) is 0 Å². The van der Waals surface area contributed by atoms with Gasteiger partial charge < -0.3 is 9.73 Å². The fourth-order valence-corrected chi connectivity index (χ4v) is 4.33. The molecule has 0 unspecified atom stereocenters. The molecule has 0 bridgehead atoms. The van der Waals surface area contributed by atoms with Crippen LogP contribution in [0.4, 0.5) is 5.69 Å². The highest BCUT2D eigenvalue weighted by Gasteiger charge is 2.28. The van der Waals surface area contributed by atoms with Crippen LogP contribution < -0.4 is 10.7 Å². The lowest BCUT2D eigenvalue weighted by Crippen LogP contribution is -2.22. The molecule has 4 aromatic rings. The summed E-state index contributed by atoms with van der Waals surface area (Å²) < 4.78 is 5.94. The minimum absolute atomic E-state index is 0.274. The zero-order valence-electron chi connectivity index (χ0n) is 19.4. The van der Waals surface area contributed by atoms with Gasteiger partial charge in [0.2, 0.25) is 0 Å². The maximum atomic E-state index is 12.8. The molecule has 1 heterocycles. The smallest absolute Gasteiger partial charge is 0.291 e. The number of nitrogens with zero attached hydrogens (tertiary/aromatic N) is 1. The third-order valence-electron chi connectivity index (χ3n) is 6.11. The summed E-state index contributed by atoms with van der Waals surface area (Å²) in [7, 11) is 0. The van der Waals surface area contributed by atoms with E-state index >= 15 is 0 Å². The summed E-state index contributed by atoms with van der Waals surface area (Å²) in [6.45, 7) is 1.85. The Balaban J connectivity index is 1.32. The van der Waals surface area contributed by atoms with E-state index in [4.69, 9.17) is 4.42 Å². The Morgan fingerprint density at radius 3 is 2.17 bits per heavy atom. The van der Waals surface area contributed by atoms with Gasteiger partial charge in [-0.2, -0.15) is 5.10 Å². The summed E-state index contributed by atoms with van der Waals surface area (Å²) >= 11 is 0.